The molecule has 0 aliphatic heterocycles. The molecular formula is C12H14Cl2FNO4S. The van der Waals surface area contributed by atoms with Gasteiger partial charge in [0.05, 0.1) is 17.2 Å². The Morgan fingerprint density at radius 1 is 1.48 bits per heavy atom. The van der Waals surface area contributed by atoms with E-state index in [1.165, 1.54) is 7.11 Å². The number of carbonyl (C=O) groups is 1. The molecule has 0 aliphatic rings. The molecule has 5 nitrogen and oxygen atoms in total. The fourth-order valence-corrected chi connectivity index (χ4v) is 3.10. The number of rotatable bonds is 6. The maximum atomic E-state index is 13.7. The van der Waals surface area contributed by atoms with E-state index in [-0.39, 0.29) is 17.5 Å². The molecule has 0 fully saturated rings. The zero-order valence-corrected chi connectivity index (χ0v) is 13.6. The number of hydrogen-bond donors (Lipinski definition) is 1. The standard InChI is InChI=1S/C12H14Cl2FNO4S/c1-7(6-20-2)5-16-12(17)8-3-11(21(14,18)19)9(13)4-10(8)15/h3-4,7H,5-6H2,1-2H3,(H,16,17). The van der Waals surface area contributed by atoms with Crippen LogP contribution in [0.1, 0.15) is 17.3 Å². The topological polar surface area (TPSA) is 72.5 Å². The van der Waals surface area contributed by atoms with Crippen LogP contribution in [-0.2, 0) is 13.8 Å². The number of hydrogen-bond acceptors (Lipinski definition) is 4. The van der Waals surface area contributed by atoms with Gasteiger partial charge < -0.3 is 10.1 Å². The van der Waals surface area contributed by atoms with Crippen LogP contribution in [0.3, 0.4) is 0 Å². The number of halogens is 3. The Bertz CT molecular complexity index is 636. The van der Waals surface area contributed by atoms with Crippen LogP contribution in [0.5, 0.6) is 0 Å². The van der Waals surface area contributed by atoms with Crippen molar-refractivity contribution in [2.24, 2.45) is 5.92 Å². The van der Waals surface area contributed by atoms with E-state index >= 15 is 0 Å². The molecule has 1 atom stereocenters. The smallest absolute Gasteiger partial charge is 0.262 e. The third-order valence-electron chi connectivity index (χ3n) is 2.59. The van der Waals surface area contributed by atoms with Crippen molar-refractivity contribution in [3.63, 3.8) is 0 Å². The third-order valence-corrected chi connectivity index (χ3v) is 4.38. The first-order valence-electron chi connectivity index (χ1n) is 5.87. The average Bonchev–Trinajstić information content (AvgIpc) is 2.34. The van der Waals surface area contributed by atoms with Crippen molar-refractivity contribution < 1.29 is 22.3 Å². The Morgan fingerprint density at radius 2 is 2.10 bits per heavy atom. The summed E-state index contributed by atoms with van der Waals surface area (Å²) in [6.45, 7) is 2.50. The summed E-state index contributed by atoms with van der Waals surface area (Å²) in [4.78, 5) is 11.4. The molecule has 1 amide bonds. The summed E-state index contributed by atoms with van der Waals surface area (Å²) in [6.07, 6.45) is 0. The van der Waals surface area contributed by atoms with Crippen LogP contribution in [0.4, 0.5) is 4.39 Å². The quantitative estimate of drug-likeness (QED) is 0.793. The largest absolute Gasteiger partial charge is 0.384 e. The molecule has 0 aromatic heterocycles. The molecule has 0 spiro atoms. The molecule has 0 aliphatic carbocycles. The number of benzene rings is 1. The first kappa shape index (κ1) is 18.2. The van der Waals surface area contributed by atoms with Crippen molar-refractivity contribution >= 4 is 37.2 Å². The maximum Gasteiger partial charge on any atom is 0.262 e. The molecular weight excluding hydrogens is 344 g/mol. The molecule has 21 heavy (non-hydrogen) atoms. The summed E-state index contributed by atoms with van der Waals surface area (Å²) in [6, 6.07) is 1.56. The van der Waals surface area contributed by atoms with Crippen molar-refractivity contribution in [2.75, 3.05) is 20.3 Å². The fraction of sp³-hybridized carbons (Fsp3) is 0.417. The van der Waals surface area contributed by atoms with Gasteiger partial charge in [-0.2, -0.15) is 0 Å². The van der Waals surface area contributed by atoms with Gasteiger partial charge in [-0.15, -0.1) is 0 Å². The fourth-order valence-electron chi connectivity index (χ4n) is 1.60. The predicted molar refractivity (Wildman–Crippen MR) is 77.8 cm³/mol. The van der Waals surface area contributed by atoms with Crippen molar-refractivity contribution in [1.82, 2.24) is 5.32 Å². The minimum absolute atomic E-state index is 0.0190. The molecule has 1 rings (SSSR count). The van der Waals surface area contributed by atoms with Crippen LogP contribution < -0.4 is 5.32 Å². The van der Waals surface area contributed by atoms with E-state index in [4.69, 9.17) is 27.0 Å². The summed E-state index contributed by atoms with van der Waals surface area (Å²) in [5.74, 6) is -1.67. The summed E-state index contributed by atoms with van der Waals surface area (Å²) in [5, 5.41) is 2.10. The molecule has 9 heteroatoms. The highest BCUT2D eigenvalue weighted by Gasteiger charge is 2.21. The van der Waals surface area contributed by atoms with Crippen LogP contribution in [0.2, 0.25) is 5.02 Å². The molecule has 0 saturated heterocycles. The molecule has 1 aromatic carbocycles. The number of carbonyl (C=O) groups excluding carboxylic acids is 1. The number of ether oxygens (including phenoxy) is 1. The predicted octanol–water partition coefficient (Wildman–Crippen LogP) is 2.42. The van der Waals surface area contributed by atoms with E-state index in [9.17, 15) is 17.6 Å². The van der Waals surface area contributed by atoms with E-state index in [0.717, 1.165) is 12.1 Å². The minimum Gasteiger partial charge on any atom is -0.384 e. The molecule has 0 bridgehead atoms. The first-order chi connectivity index (χ1) is 9.66. The molecule has 1 unspecified atom stereocenters. The van der Waals surface area contributed by atoms with Crippen LogP contribution >= 0.6 is 22.3 Å². The van der Waals surface area contributed by atoms with Crippen molar-refractivity contribution in [1.29, 1.82) is 0 Å². The number of amides is 1. The van der Waals surface area contributed by atoms with Gasteiger partial charge in [0.2, 0.25) is 0 Å². The normalized spacial score (nSPS) is 13.0. The zero-order chi connectivity index (χ0) is 16.2. The highest BCUT2D eigenvalue weighted by molar-refractivity contribution is 8.13. The lowest BCUT2D eigenvalue weighted by molar-refractivity contribution is 0.0930. The van der Waals surface area contributed by atoms with Crippen LogP contribution in [0, 0.1) is 11.7 Å². The van der Waals surface area contributed by atoms with Crippen LogP contribution in [-0.4, -0.2) is 34.6 Å². The van der Waals surface area contributed by atoms with Gasteiger partial charge in [0.15, 0.2) is 0 Å². The highest BCUT2D eigenvalue weighted by atomic mass is 35.7. The summed E-state index contributed by atoms with van der Waals surface area (Å²) >= 11 is 5.61. The molecule has 118 valence electrons. The monoisotopic (exact) mass is 357 g/mol. The summed E-state index contributed by atoms with van der Waals surface area (Å²) < 4.78 is 41.2. The van der Waals surface area contributed by atoms with E-state index in [0.29, 0.717) is 6.61 Å². The van der Waals surface area contributed by atoms with E-state index in [1.54, 1.807) is 0 Å². The lowest BCUT2D eigenvalue weighted by atomic mass is 10.1. The number of methoxy groups -OCH3 is 1. The highest BCUT2D eigenvalue weighted by Crippen LogP contribution is 2.27. The third kappa shape index (κ3) is 5.10. The van der Waals surface area contributed by atoms with Crippen molar-refractivity contribution in [3.05, 3.63) is 28.5 Å². The Kier molecular flexibility index (Phi) is 6.40. The first-order valence-corrected chi connectivity index (χ1v) is 8.56. The van der Waals surface area contributed by atoms with Gasteiger partial charge in [-0.3, -0.25) is 4.79 Å². The van der Waals surface area contributed by atoms with Gasteiger partial charge in [-0.1, -0.05) is 18.5 Å². The SMILES string of the molecule is COCC(C)CNC(=O)c1cc(S(=O)(=O)Cl)c(Cl)cc1F. The Balaban J connectivity index is 3.00. The van der Waals surface area contributed by atoms with Gasteiger partial charge in [-0.05, 0) is 18.1 Å². The van der Waals surface area contributed by atoms with Gasteiger partial charge in [0.25, 0.3) is 15.0 Å². The van der Waals surface area contributed by atoms with Crippen molar-refractivity contribution in [2.45, 2.75) is 11.8 Å². The van der Waals surface area contributed by atoms with Crippen molar-refractivity contribution in [3.8, 4) is 0 Å². The Hall–Kier alpha value is -0.890. The molecule has 0 radical (unpaired) electrons. The van der Waals surface area contributed by atoms with Gasteiger partial charge in [0, 0.05) is 24.3 Å². The Labute approximate surface area is 131 Å². The lowest BCUT2D eigenvalue weighted by Crippen LogP contribution is -2.30. The molecule has 0 saturated carbocycles. The van der Waals surface area contributed by atoms with Crippen LogP contribution in [0.15, 0.2) is 17.0 Å². The zero-order valence-electron chi connectivity index (χ0n) is 11.3. The Morgan fingerprint density at radius 3 is 2.62 bits per heavy atom. The lowest BCUT2D eigenvalue weighted by Gasteiger charge is -2.12. The van der Waals surface area contributed by atoms with E-state index in [2.05, 4.69) is 5.32 Å². The van der Waals surface area contributed by atoms with E-state index < -0.39 is 31.2 Å². The second-order valence-corrected chi connectivity index (χ2v) is 7.41. The molecule has 1 aromatic rings. The molecule has 1 N–H and O–H groups in total. The second-order valence-electron chi connectivity index (χ2n) is 4.47. The summed E-state index contributed by atoms with van der Waals surface area (Å²) in [5.41, 5.74) is -0.441. The second kappa shape index (κ2) is 7.40. The van der Waals surface area contributed by atoms with Gasteiger partial charge in [0.1, 0.15) is 10.7 Å². The van der Waals surface area contributed by atoms with Gasteiger partial charge >= 0.3 is 0 Å². The van der Waals surface area contributed by atoms with Gasteiger partial charge in [-0.25, -0.2) is 12.8 Å². The minimum atomic E-state index is -4.17. The maximum absolute atomic E-state index is 13.7. The molecule has 0 heterocycles. The number of nitrogens with one attached hydrogen (secondary N) is 1. The van der Waals surface area contributed by atoms with Crippen LogP contribution in [0.25, 0.3) is 0 Å². The summed E-state index contributed by atoms with van der Waals surface area (Å²) in [7, 11) is 2.53. The van der Waals surface area contributed by atoms with E-state index in [1.807, 2.05) is 6.92 Å². The average molecular weight is 358 g/mol.